The smallest absolute Gasteiger partial charge is 0.100 e. The van der Waals surface area contributed by atoms with Crippen LogP contribution in [0.2, 0.25) is 0 Å². The van der Waals surface area contributed by atoms with Crippen molar-refractivity contribution in [2.24, 2.45) is 11.8 Å². The molecule has 1 aromatic rings. The molecular formula is C16H21FO. The zero-order chi connectivity index (χ0) is 12.5. The van der Waals surface area contributed by atoms with Gasteiger partial charge >= 0.3 is 0 Å². The van der Waals surface area contributed by atoms with Gasteiger partial charge < -0.3 is 4.74 Å². The molecule has 2 aliphatic rings. The largest absolute Gasteiger partial charge is 0.373 e. The second-order valence-corrected chi connectivity index (χ2v) is 5.83. The molecule has 1 aromatic carbocycles. The zero-order valence-corrected chi connectivity index (χ0v) is 10.9. The van der Waals surface area contributed by atoms with Gasteiger partial charge in [-0.1, -0.05) is 29.8 Å². The van der Waals surface area contributed by atoms with Gasteiger partial charge in [-0.05, 0) is 50.0 Å². The Bertz CT molecular complexity index is 400. The quantitative estimate of drug-likeness (QED) is 0.723. The van der Waals surface area contributed by atoms with Crippen molar-refractivity contribution in [3.05, 3.63) is 35.4 Å². The van der Waals surface area contributed by atoms with Crippen LogP contribution in [-0.2, 0) is 4.74 Å². The predicted molar refractivity (Wildman–Crippen MR) is 70.2 cm³/mol. The molecule has 2 heteroatoms. The Morgan fingerprint density at radius 1 is 1.11 bits per heavy atom. The molecule has 1 nitrogen and oxygen atoms in total. The van der Waals surface area contributed by atoms with Gasteiger partial charge in [0, 0.05) is 6.61 Å². The summed E-state index contributed by atoms with van der Waals surface area (Å²) in [7, 11) is 0. The average molecular weight is 248 g/mol. The monoisotopic (exact) mass is 248 g/mol. The lowest BCUT2D eigenvalue weighted by molar-refractivity contribution is -0.0831. The predicted octanol–water partition coefficient (Wildman–Crippen LogP) is 4.21. The molecule has 0 N–H and O–H groups in total. The van der Waals surface area contributed by atoms with E-state index in [2.05, 4.69) is 31.2 Å². The van der Waals surface area contributed by atoms with E-state index in [1.54, 1.807) is 0 Å². The molecule has 1 saturated heterocycles. The molecule has 0 amide bonds. The molecule has 98 valence electrons. The molecule has 18 heavy (non-hydrogen) atoms. The van der Waals surface area contributed by atoms with E-state index in [1.807, 2.05) is 0 Å². The van der Waals surface area contributed by atoms with E-state index in [4.69, 9.17) is 4.74 Å². The van der Waals surface area contributed by atoms with E-state index in [1.165, 1.54) is 11.1 Å². The van der Waals surface area contributed by atoms with E-state index >= 15 is 0 Å². The van der Waals surface area contributed by atoms with E-state index < -0.39 is 6.17 Å². The highest BCUT2D eigenvalue weighted by Crippen LogP contribution is 2.45. The van der Waals surface area contributed by atoms with Gasteiger partial charge in [0.25, 0.3) is 0 Å². The Balaban J connectivity index is 1.81. The minimum absolute atomic E-state index is 0.192. The van der Waals surface area contributed by atoms with Crippen molar-refractivity contribution >= 4 is 0 Å². The maximum atomic E-state index is 13.5. The number of benzene rings is 1. The lowest BCUT2D eigenvalue weighted by Gasteiger charge is -2.42. The van der Waals surface area contributed by atoms with Gasteiger partial charge in [0.15, 0.2) is 0 Å². The van der Waals surface area contributed by atoms with Crippen LogP contribution < -0.4 is 0 Å². The first kappa shape index (κ1) is 12.2. The third-order valence-corrected chi connectivity index (χ3v) is 4.56. The highest BCUT2D eigenvalue weighted by molar-refractivity contribution is 5.24. The summed E-state index contributed by atoms with van der Waals surface area (Å²) in [5, 5.41) is 0. The maximum absolute atomic E-state index is 13.5. The van der Waals surface area contributed by atoms with E-state index in [0.29, 0.717) is 18.3 Å². The molecule has 3 rings (SSSR count). The number of rotatable bonds is 1. The standard InChI is InChI=1S/C16H21FO/c1-11-2-4-12(5-3-11)16-15-7-6-14(17)10-13(15)8-9-18-16/h2-5,13-16H,6-10H2,1H3/t13-,14?,15-,16+/m0/s1. The summed E-state index contributed by atoms with van der Waals surface area (Å²) in [6.07, 6.45) is 3.08. The summed E-state index contributed by atoms with van der Waals surface area (Å²) >= 11 is 0. The van der Waals surface area contributed by atoms with Gasteiger partial charge in [0.05, 0.1) is 6.10 Å². The normalized spacial score (nSPS) is 36.1. The van der Waals surface area contributed by atoms with Crippen LogP contribution >= 0.6 is 0 Å². The zero-order valence-electron chi connectivity index (χ0n) is 10.9. The molecule has 0 bridgehead atoms. The molecule has 1 heterocycles. The number of hydrogen-bond acceptors (Lipinski definition) is 1. The molecule has 1 aliphatic carbocycles. The second kappa shape index (κ2) is 5.00. The number of hydrogen-bond donors (Lipinski definition) is 0. The van der Waals surface area contributed by atoms with Crippen LogP contribution in [0.4, 0.5) is 4.39 Å². The minimum atomic E-state index is -0.581. The van der Waals surface area contributed by atoms with Crippen molar-refractivity contribution in [2.75, 3.05) is 6.61 Å². The summed E-state index contributed by atoms with van der Waals surface area (Å²) in [6.45, 7) is 2.88. The molecule has 0 spiro atoms. The lowest BCUT2D eigenvalue weighted by atomic mass is 9.71. The van der Waals surface area contributed by atoms with Crippen LogP contribution in [0.1, 0.15) is 42.9 Å². The molecule has 1 saturated carbocycles. The Morgan fingerprint density at radius 2 is 1.89 bits per heavy atom. The van der Waals surface area contributed by atoms with Crippen molar-refractivity contribution in [1.29, 1.82) is 0 Å². The molecular weight excluding hydrogens is 227 g/mol. The molecule has 1 aliphatic heterocycles. The van der Waals surface area contributed by atoms with Crippen molar-refractivity contribution < 1.29 is 9.13 Å². The number of fused-ring (bicyclic) bond motifs is 1. The fraction of sp³-hybridized carbons (Fsp3) is 0.625. The summed E-state index contributed by atoms with van der Waals surface area (Å²) < 4.78 is 19.5. The summed E-state index contributed by atoms with van der Waals surface area (Å²) in [5.41, 5.74) is 2.55. The van der Waals surface area contributed by atoms with Crippen LogP contribution in [0.3, 0.4) is 0 Å². The topological polar surface area (TPSA) is 9.23 Å². The van der Waals surface area contributed by atoms with Crippen LogP contribution in [-0.4, -0.2) is 12.8 Å². The van der Waals surface area contributed by atoms with Crippen molar-refractivity contribution in [2.45, 2.75) is 44.9 Å². The third kappa shape index (κ3) is 2.31. The number of aryl methyl sites for hydroxylation is 1. The Kier molecular flexibility index (Phi) is 3.38. The van der Waals surface area contributed by atoms with Crippen LogP contribution in [0.5, 0.6) is 0 Å². The SMILES string of the molecule is Cc1ccc([C@H]2OCC[C@H]3CC(F)CC[C@@H]32)cc1. The maximum Gasteiger partial charge on any atom is 0.100 e. The van der Waals surface area contributed by atoms with Crippen LogP contribution in [0.15, 0.2) is 24.3 Å². The molecule has 0 radical (unpaired) electrons. The summed E-state index contributed by atoms with van der Waals surface area (Å²) in [6, 6.07) is 8.63. The second-order valence-electron chi connectivity index (χ2n) is 5.83. The number of alkyl halides is 1. The molecule has 1 unspecified atom stereocenters. The van der Waals surface area contributed by atoms with Crippen molar-refractivity contribution in [1.82, 2.24) is 0 Å². The minimum Gasteiger partial charge on any atom is -0.373 e. The Morgan fingerprint density at radius 3 is 2.67 bits per heavy atom. The summed E-state index contributed by atoms with van der Waals surface area (Å²) in [4.78, 5) is 0. The number of ether oxygens (including phenoxy) is 1. The summed E-state index contributed by atoms with van der Waals surface area (Å²) in [5.74, 6) is 1.04. The Hall–Kier alpha value is -0.890. The average Bonchev–Trinajstić information content (AvgIpc) is 2.38. The van der Waals surface area contributed by atoms with Crippen LogP contribution in [0.25, 0.3) is 0 Å². The highest BCUT2D eigenvalue weighted by Gasteiger charge is 2.39. The van der Waals surface area contributed by atoms with E-state index in [0.717, 1.165) is 25.9 Å². The fourth-order valence-electron chi connectivity index (χ4n) is 3.53. The molecule has 0 aromatic heterocycles. The fourth-order valence-corrected chi connectivity index (χ4v) is 3.53. The van der Waals surface area contributed by atoms with Gasteiger partial charge in [0.2, 0.25) is 0 Å². The van der Waals surface area contributed by atoms with Gasteiger partial charge in [-0.2, -0.15) is 0 Å². The van der Waals surface area contributed by atoms with Gasteiger partial charge in [-0.15, -0.1) is 0 Å². The number of halogens is 1. The van der Waals surface area contributed by atoms with Crippen molar-refractivity contribution in [3.8, 4) is 0 Å². The first-order valence-corrected chi connectivity index (χ1v) is 7.06. The molecule has 2 fully saturated rings. The van der Waals surface area contributed by atoms with E-state index in [-0.39, 0.29) is 6.10 Å². The van der Waals surface area contributed by atoms with Crippen LogP contribution in [0, 0.1) is 18.8 Å². The highest BCUT2D eigenvalue weighted by atomic mass is 19.1. The lowest BCUT2D eigenvalue weighted by Crippen LogP contribution is -2.36. The Labute approximate surface area is 108 Å². The molecule has 4 atom stereocenters. The van der Waals surface area contributed by atoms with E-state index in [9.17, 15) is 4.39 Å². The van der Waals surface area contributed by atoms with Gasteiger partial charge in [-0.25, -0.2) is 4.39 Å². The first-order valence-electron chi connectivity index (χ1n) is 7.06. The first-order chi connectivity index (χ1) is 8.74. The van der Waals surface area contributed by atoms with Crippen molar-refractivity contribution in [3.63, 3.8) is 0 Å². The third-order valence-electron chi connectivity index (χ3n) is 4.56. The van der Waals surface area contributed by atoms with Gasteiger partial charge in [-0.3, -0.25) is 0 Å². The van der Waals surface area contributed by atoms with Gasteiger partial charge in [0.1, 0.15) is 6.17 Å².